The van der Waals surface area contributed by atoms with E-state index in [0.29, 0.717) is 16.9 Å². The van der Waals surface area contributed by atoms with E-state index in [1.165, 1.54) is 25.7 Å². The first-order valence-electron chi connectivity index (χ1n) is 8.73. The molecule has 0 saturated heterocycles. The van der Waals surface area contributed by atoms with E-state index in [9.17, 15) is 5.11 Å². The van der Waals surface area contributed by atoms with E-state index in [-0.39, 0.29) is 6.10 Å². The van der Waals surface area contributed by atoms with E-state index >= 15 is 0 Å². The summed E-state index contributed by atoms with van der Waals surface area (Å²) in [5.74, 6) is 1.79. The van der Waals surface area contributed by atoms with Crippen LogP contribution in [0.25, 0.3) is 0 Å². The van der Waals surface area contributed by atoms with Crippen molar-refractivity contribution >= 4 is 0 Å². The van der Waals surface area contributed by atoms with Gasteiger partial charge in [0.1, 0.15) is 0 Å². The molecule has 0 aromatic carbocycles. The predicted octanol–water partition coefficient (Wildman–Crippen LogP) is 4.16. The summed E-state index contributed by atoms with van der Waals surface area (Å²) in [4.78, 5) is 0. The number of hydrogen-bond donors (Lipinski definition) is 1. The molecule has 0 spiro atoms. The molecule has 5 atom stereocenters. The molecule has 0 radical (unpaired) electrons. The number of aliphatic hydroxyl groups is 1. The smallest absolute Gasteiger partial charge is 0.0599 e. The third-order valence-electron chi connectivity index (χ3n) is 7.39. The lowest BCUT2D eigenvalue weighted by Crippen LogP contribution is -2.33. The molecular weight excluding hydrogens is 248 g/mol. The standard InChI is InChI=1S/C18H32O2/c1-17(2)13-7-9-18(17,3)14(11-13)8-10-20-16-6-4-5-15(19)12-16/h13-16,19H,4-12H2,1-3H3/t13-,14-,15?,16?,18+/m0/s1. The van der Waals surface area contributed by atoms with Gasteiger partial charge >= 0.3 is 0 Å². The van der Waals surface area contributed by atoms with E-state index < -0.39 is 0 Å². The van der Waals surface area contributed by atoms with Crippen LogP contribution < -0.4 is 0 Å². The number of hydrogen-bond acceptors (Lipinski definition) is 2. The molecule has 2 unspecified atom stereocenters. The molecule has 0 aliphatic heterocycles. The van der Waals surface area contributed by atoms with E-state index in [1.807, 2.05) is 0 Å². The van der Waals surface area contributed by atoms with Crippen molar-refractivity contribution in [3.8, 4) is 0 Å². The Morgan fingerprint density at radius 3 is 2.50 bits per heavy atom. The van der Waals surface area contributed by atoms with Crippen LogP contribution in [0.2, 0.25) is 0 Å². The molecule has 3 fully saturated rings. The van der Waals surface area contributed by atoms with Gasteiger partial charge in [0.2, 0.25) is 0 Å². The minimum absolute atomic E-state index is 0.118. The molecule has 1 N–H and O–H groups in total. The highest BCUT2D eigenvalue weighted by atomic mass is 16.5. The van der Waals surface area contributed by atoms with Gasteiger partial charge in [0, 0.05) is 6.61 Å². The van der Waals surface area contributed by atoms with Crippen LogP contribution in [0.15, 0.2) is 0 Å². The van der Waals surface area contributed by atoms with Gasteiger partial charge in [0.25, 0.3) is 0 Å². The molecule has 3 rings (SSSR count). The Hall–Kier alpha value is -0.0800. The van der Waals surface area contributed by atoms with Crippen LogP contribution >= 0.6 is 0 Å². The summed E-state index contributed by atoms with van der Waals surface area (Å²) in [6, 6.07) is 0. The number of aliphatic hydroxyl groups excluding tert-OH is 1. The van der Waals surface area contributed by atoms with Gasteiger partial charge in [-0.1, -0.05) is 20.8 Å². The van der Waals surface area contributed by atoms with Crippen LogP contribution in [0.3, 0.4) is 0 Å². The highest BCUT2D eigenvalue weighted by Crippen LogP contribution is 2.68. The minimum Gasteiger partial charge on any atom is -0.393 e. The fraction of sp³-hybridized carbons (Fsp3) is 1.00. The molecular formula is C18H32O2. The Morgan fingerprint density at radius 2 is 1.90 bits per heavy atom. The molecule has 20 heavy (non-hydrogen) atoms. The quantitative estimate of drug-likeness (QED) is 0.838. The van der Waals surface area contributed by atoms with Crippen molar-refractivity contribution in [3.63, 3.8) is 0 Å². The molecule has 2 nitrogen and oxygen atoms in total. The molecule has 0 heterocycles. The predicted molar refractivity (Wildman–Crippen MR) is 81.6 cm³/mol. The second-order valence-corrected chi connectivity index (χ2v) is 8.41. The second-order valence-electron chi connectivity index (χ2n) is 8.41. The third-order valence-corrected chi connectivity index (χ3v) is 7.39. The number of ether oxygens (including phenoxy) is 1. The van der Waals surface area contributed by atoms with Gasteiger partial charge < -0.3 is 9.84 Å². The molecule has 116 valence electrons. The van der Waals surface area contributed by atoms with Gasteiger partial charge in [-0.2, -0.15) is 0 Å². The first-order valence-corrected chi connectivity index (χ1v) is 8.73. The zero-order valence-electron chi connectivity index (χ0n) is 13.5. The molecule has 2 bridgehead atoms. The van der Waals surface area contributed by atoms with Crippen molar-refractivity contribution in [2.45, 2.75) is 84.3 Å². The maximum absolute atomic E-state index is 9.71. The fourth-order valence-corrected chi connectivity index (χ4v) is 5.45. The van der Waals surface area contributed by atoms with E-state index in [1.54, 1.807) is 0 Å². The number of fused-ring (bicyclic) bond motifs is 2. The van der Waals surface area contributed by atoms with Crippen LogP contribution in [0, 0.1) is 22.7 Å². The highest BCUT2D eigenvalue weighted by Gasteiger charge is 2.60. The van der Waals surface area contributed by atoms with Gasteiger partial charge in [-0.3, -0.25) is 0 Å². The van der Waals surface area contributed by atoms with Crippen molar-refractivity contribution < 1.29 is 9.84 Å². The summed E-state index contributed by atoms with van der Waals surface area (Å²) in [5.41, 5.74) is 1.06. The van der Waals surface area contributed by atoms with Crippen LogP contribution in [0.1, 0.15) is 72.1 Å². The highest BCUT2D eigenvalue weighted by molar-refractivity contribution is 5.09. The summed E-state index contributed by atoms with van der Waals surface area (Å²) >= 11 is 0. The average molecular weight is 280 g/mol. The summed E-state index contributed by atoms with van der Waals surface area (Å²) in [5, 5.41) is 9.71. The molecule has 3 aliphatic rings. The van der Waals surface area contributed by atoms with Gasteiger partial charge in [-0.15, -0.1) is 0 Å². The Bertz CT molecular complexity index is 351. The lowest BCUT2D eigenvalue weighted by atomic mass is 9.66. The minimum atomic E-state index is -0.118. The summed E-state index contributed by atoms with van der Waals surface area (Å²) < 4.78 is 6.08. The first-order chi connectivity index (χ1) is 9.43. The number of rotatable bonds is 4. The Balaban J connectivity index is 1.48. The monoisotopic (exact) mass is 280 g/mol. The molecule has 0 aromatic rings. The third kappa shape index (κ3) is 2.33. The zero-order valence-corrected chi connectivity index (χ0v) is 13.5. The van der Waals surface area contributed by atoms with Crippen LogP contribution in [0.5, 0.6) is 0 Å². The largest absolute Gasteiger partial charge is 0.393 e. The molecule has 0 amide bonds. The van der Waals surface area contributed by atoms with Crippen molar-refractivity contribution in [2.75, 3.05) is 6.61 Å². The van der Waals surface area contributed by atoms with Crippen LogP contribution in [-0.4, -0.2) is 23.9 Å². The van der Waals surface area contributed by atoms with Gasteiger partial charge in [0.05, 0.1) is 12.2 Å². The molecule has 3 aliphatic carbocycles. The first kappa shape index (κ1) is 14.8. The van der Waals surface area contributed by atoms with Crippen molar-refractivity contribution in [1.82, 2.24) is 0 Å². The van der Waals surface area contributed by atoms with Gasteiger partial charge in [-0.25, -0.2) is 0 Å². The van der Waals surface area contributed by atoms with Crippen LogP contribution in [0.4, 0.5) is 0 Å². The molecule has 3 saturated carbocycles. The Labute approximate surface area is 124 Å². The van der Waals surface area contributed by atoms with Crippen molar-refractivity contribution in [2.24, 2.45) is 22.7 Å². The lowest BCUT2D eigenvalue weighted by molar-refractivity contribution is -0.0262. The average Bonchev–Trinajstić information content (AvgIpc) is 2.72. The Morgan fingerprint density at radius 1 is 1.10 bits per heavy atom. The maximum atomic E-state index is 9.71. The van der Waals surface area contributed by atoms with E-state index in [2.05, 4.69) is 20.8 Å². The fourth-order valence-electron chi connectivity index (χ4n) is 5.45. The Kier molecular flexibility index (Phi) is 3.92. The maximum Gasteiger partial charge on any atom is 0.0599 e. The van der Waals surface area contributed by atoms with Crippen molar-refractivity contribution in [3.05, 3.63) is 0 Å². The SMILES string of the molecule is CC1(C)[C@H]2CC[C@]1(C)[C@@H](CCOC1CCCC(O)C1)C2. The van der Waals surface area contributed by atoms with Gasteiger partial charge in [0.15, 0.2) is 0 Å². The second kappa shape index (κ2) is 5.28. The lowest BCUT2D eigenvalue weighted by Gasteiger charge is -2.39. The summed E-state index contributed by atoms with van der Waals surface area (Å²) in [7, 11) is 0. The van der Waals surface area contributed by atoms with E-state index in [0.717, 1.165) is 44.1 Å². The van der Waals surface area contributed by atoms with Crippen molar-refractivity contribution in [1.29, 1.82) is 0 Å². The normalized spacial score (nSPS) is 46.8. The van der Waals surface area contributed by atoms with E-state index in [4.69, 9.17) is 4.74 Å². The zero-order chi connectivity index (χ0) is 14.4. The molecule has 2 heteroatoms. The van der Waals surface area contributed by atoms with Gasteiger partial charge in [-0.05, 0) is 74.0 Å². The summed E-state index contributed by atoms with van der Waals surface area (Å²) in [6.45, 7) is 8.40. The van der Waals surface area contributed by atoms with Crippen LogP contribution in [-0.2, 0) is 4.74 Å². The topological polar surface area (TPSA) is 29.5 Å². The summed E-state index contributed by atoms with van der Waals surface area (Å²) in [6.07, 6.45) is 9.80. The molecule has 0 aromatic heterocycles.